The molecule has 0 aromatic heterocycles. The minimum Gasteiger partial charge on any atom is -0.442 e. The maximum Gasteiger partial charge on any atom is 0.409 e. The Kier molecular flexibility index (Phi) is 4.92. The number of thioether (sulfide) groups is 1. The molecule has 0 bridgehead atoms. The van der Waals surface area contributed by atoms with E-state index in [1.165, 1.54) is 10.5 Å². The molecule has 4 heteroatoms. The summed E-state index contributed by atoms with van der Waals surface area (Å²) in [6.45, 7) is 6.24. The lowest BCUT2D eigenvalue weighted by Gasteiger charge is -2.30. The zero-order chi connectivity index (χ0) is 13.1. The van der Waals surface area contributed by atoms with Gasteiger partial charge in [0, 0.05) is 19.8 Å². The first-order valence-corrected chi connectivity index (χ1v) is 7.05. The predicted molar refractivity (Wildman–Crippen MR) is 73.5 cm³/mol. The summed E-state index contributed by atoms with van der Waals surface area (Å²) in [4.78, 5) is 13.2. The summed E-state index contributed by atoms with van der Waals surface area (Å²) in [5, 5.41) is 0.469. The van der Waals surface area contributed by atoms with Crippen molar-refractivity contribution < 1.29 is 9.53 Å². The fourth-order valence-electron chi connectivity index (χ4n) is 1.62. The number of hydrogen-bond donors (Lipinski definition) is 0. The molecule has 2 atom stereocenters. The molecule has 1 rings (SSSR count). The second-order valence-corrected chi connectivity index (χ2v) is 6.45. The second kappa shape index (κ2) is 5.80. The van der Waals surface area contributed by atoms with Crippen LogP contribution in [0.1, 0.15) is 33.6 Å². The number of hydrogen-bond acceptors (Lipinski definition) is 3. The largest absolute Gasteiger partial charge is 0.442 e. The molecule has 1 saturated heterocycles. The van der Waals surface area contributed by atoms with Gasteiger partial charge >= 0.3 is 6.09 Å². The van der Waals surface area contributed by atoms with Crippen LogP contribution in [0.3, 0.4) is 0 Å². The number of nitrogens with zero attached hydrogens (tertiary/aromatic N) is 1. The van der Waals surface area contributed by atoms with Crippen LogP contribution >= 0.6 is 11.8 Å². The fourth-order valence-corrected chi connectivity index (χ4v) is 2.58. The van der Waals surface area contributed by atoms with Crippen LogP contribution in [0.2, 0.25) is 0 Å². The summed E-state index contributed by atoms with van der Waals surface area (Å²) in [5.74, 6) is 1.10. The van der Waals surface area contributed by atoms with Crippen LogP contribution in [0.5, 0.6) is 0 Å². The summed E-state index contributed by atoms with van der Waals surface area (Å²) in [6, 6.07) is 0. The van der Waals surface area contributed by atoms with Crippen LogP contribution in [0.15, 0.2) is 11.6 Å². The molecule has 3 nitrogen and oxygen atoms in total. The van der Waals surface area contributed by atoms with E-state index in [9.17, 15) is 4.79 Å². The molecule has 1 aliphatic rings. The van der Waals surface area contributed by atoms with Crippen LogP contribution < -0.4 is 0 Å². The topological polar surface area (TPSA) is 29.5 Å². The van der Waals surface area contributed by atoms with Crippen molar-refractivity contribution in [2.75, 3.05) is 19.8 Å². The molecule has 1 fully saturated rings. The van der Waals surface area contributed by atoms with Crippen LogP contribution in [0, 0.1) is 0 Å². The highest BCUT2D eigenvalue weighted by atomic mass is 32.2. The molecule has 1 amide bonds. The summed E-state index contributed by atoms with van der Waals surface area (Å²) >= 11 is 1.87. The van der Waals surface area contributed by atoms with Gasteiger partial charge in [-0.25, -0.2) is 4.79 Å². The maximum absolute atomic E-state index is 11.7. The van der Waals surface area contributed by atoms with Gasteiger partial charge in [0.1, 0.15) is 5.60 Å². The Morgan fingerprint density at radius 2 is 2.12 bits per heavy atom. The minimum absolute atomic E-state index is 0.239. The Bertz CT molecular complexity index is 307. The smallest absolute Gasteiger partial charge is 0.409 e. The molecule has 0 aromatic carbocycles. The van der Waals surface area contributed by atoms with E-state index in [2.05, 4.69) is 26.8 Å². The molecule has 0 aromatic rings. The third-order valence-corrected chi connectivity index (χ3v) is 4.06. The van der Waals surface area contributed by atoms with Gasteiger partial charge in [-0.2, -0.15) is 11.8 Å². The van der Waals surface area contributed by atoms with Crippen molar-refractivity contribution in [3.8, 4) is 0 Å². The number of amides is 1. The van der Waals surface area contributed by atoms with Gasteiger partial charge in [0.15, 0.2) is 0 Å². The lowest BCUT2D eigenvalue weighted by Crippen LogP contribution is -2.40. The zero-order valence-electron chi connectivity index (χ0n) is 11.4. The van der Waals surface area contributed by atoms with Gasteiger partial charge in [-0.3, -0.25) is 0 Å². The molecular weight excluding hydrogens is 234 g/mol. The van der Waals surface area contributed by atoms with Crippen molar-refractivity contribution in [1.82, 2.24) is 4.90 Å². The Morgan fingerprint density at radius 1 is 1.53 bits per heavy atom. The molecule has 0 saturated carbocycles. The third-order valence-electron chi connectivity index (χ3n) is 2.89. The Labute approximate surface area is 109 Å². The highest BCUT2D eigenvalue weighted by Crippen LogP contribution is 2.44. The first-order chi connectivity index (χ1) is 7.85. The Morgan fingerprint density at radius 3 is 2.53 bits per heavy atom. The van der Waals surface area contributed by atoms with Crippen LogP contribution in [0.4, 0.5) is 4.79 Å². The second-order valence-electron chi connectivity index (χ2n) is 5.22. The molecule has 1 aliphatic heterocycles. The fraction of sp³-hybridized carbons (Fsp3) is 0.769. The predicted octanol–water partition coefficient (Wildman–Crippen LogP) is 3.31. The normalized spacial score (nSPS) is 21.4. The van der Waals surface area contributed by atoms with Crippen molar-refractivity contribution in [1.29, 1.82) is 0 Å². The van der Waals surface area contributed by atoms with Crippen LogP contribution in [-0.2, 0) is 4.74 Å². The van der Waals surface area contributed by atoms with Gasteiger partial charge in [0.05, 0.1) is 5.25 Å². The first-order valence-electron chi connectivity index (χ1n) is 6.00. The molecular formula is C13H23NO2S. The molecule has 0 N–H and O–H groups in total. The summed E-state index contributed by atoms with van der Waals surface area (Å²) in [7, 11) is 3.44. The zero-order valence-corrected chi connectivity index (χ0v) is 12.3. The van der Waals surface area contributed by atoms with Gasteiger partial charge in [0.2, 0.25) is 0 Å². The lowest BCUT2D eigenvalue weighted by atomic mass is 9.96. The van der Waals surface area contributed by atoms with E-state index in [0.29, 0.717) is 5.25 Å². The van der Waals surface area contributed by atoms with Gasteiger partial charge in [-0.15, -0.1) is 0 Å². The van der Waals surface area contributed by atoms with Crippen molar-refractivity contribution >= 4 is 17.9 Å². The molecule has 0 spiro atoms. The number of rotatable bonds is 5. The summed E-state index contributed by atoms with van der Waals surface area (Å²) in [5.41, 5.74) is 0.993. The van der Waals surface area contributed by atoms with Gasteiger partial charge in [-0.05, 0) is 33.6 Å². The molecule has 0 aliphatic carbocycles. The van der Waals surface area contributed by atoms with Crippen LogP contribution in [0.25, 0.3) is 0 Å². The maximum atomic E-state index is 11.7. The van der Waals surface area contributed by atoms with Gasteiger partial charge < -0.3 is 9.64 Å². The van der Waals surface area contributed by atoms with Crippen molar-refractivity contribution in [2.24, 2.45) is 0 Å². The number of ether oxygens (including phenoxy) is 1. The average molecular weight is 257 g/mol. The van der Waals surface area contributed by atoms with E-state index in [4.69, 9.17) is 4.74 Å². The van der Waals surface area contributed by atoms with E-state index in [0.717, 1.165) is 18.6 Å². The highest BCUT2D eigenvalue weighted by Gasteiger charge is 2.45. The average Bonchev–Trinajstić information content (AvgIpc) is 2.99. The monoisotopic (exact) mass is 257 g/mol. The molecule has 0 unspecified atom stereocenters. The Balaban J connectivity index is 2.56. The highest BCUT2D eigenvalue weighted by molar-refractivity contribution is 8.07. The standard InChI is InChI=1S/C13H23NO2S/c1-10(2)7-6-8-13(3,11-9-17-11)16-12(15)14(4)5/h7,11H,6,8-9H2,1-5H3/t11-,13+/m1/s1. The first kappa shape index (κ1) is 14.4. The molecule has 1 heterocycles. The molecule has 0 radical (unpaired) electrons. The number of carbonyl (C=O) groups excluding carboxylic acids is 1. The Hall–Kier alpha value is -0.640. The lowest BCUT2D eigenvalue weighted by molar-refractivity contribution is 0.0102. The minimum atomic E-state index is -0.321. The number of carbonyl (C=O) groups is 1. The molecule has 98 valence electrons. The van der Waals surface area contributed by atoms with Gasteiger partial charge in [0.25, 0.3) is 0 Å². The van der Waals surface area contributed by atoms with E-state index >= 15 is 0 Å². The van der Waals surface area contributed by atoms with Crippen molar-refractivity contribution in [3.05, 3.63) is 11.6 Å². The third kappa shape index (κ3) is 4.62. The van der Waals surface area contributed by atoms with E-state index < -0.39 is 0 Å². The van der Waals surface area contributed by atoms with Crippen LogP contribution in [-0.4, -0.2) is 41.7 Å². The van der Waals surface area contributed by atoms with Gasteiger partial charge in [-0.1, -0.05) is 11.6 Å². The quantitative estimate of drug-likeness (QED) is 0.559. The summed E-state index contributed by atoms with van der Waals surface area (Å²) in [6.07, 6.45) is 3.83. The SMILES string of the molecule is CC(C)=CCC[C@](C)(OC(=O)N(C)C)[C@H]1CS1. The number of allylic oxidation sites excluding steroid dienone is 2. The van der Waals surface area contributed by atoms with Crippen molar-refractivity contribution in [2.45, 2.75) is 44.5 Å². The summed E-state index contributed by atoms with van der Waals surface area (Å²) < 4.78 is 5.64. The van der Waals surface area contributed by atoms with E-state index in [1.54, 1.807) is 14.1 Å². The van der Waals surface area contributed by atoms with Crippen molar-refractivity contribution in [3.63, 3.8) is 0 Å². The van der Waals surface area contributed by atoms with E-state index in [-0.39, 0.29) is 11.7 Å². The molecule has 17 heavy (non-hydrogen) atoms. The van der Waals surface area contributed by atoms with E-state index in [1.807, 2.05) is 11.8 Å².